The molecule has 32 heavy (non-hydrogen) atoms. The Bertz CT molecular complexity index is 1230. The molecule has 8 heteroatoms. The highest BCUT2D eigenvalue weighted by Crippen LogP contribution is 2.45. The summed E-state index contributed by atoms with van der Waals surface area (Å²) >= 11 is 1.41. The van der Waals surface area contributed by atoms with Crippen molar-refractivity contribution >= 4 is 35.0 Å². The number of methoxy groups -OCH3 is 2. The number of nitrogens with zero attached hydrogens (tertiary/aromatic N) is 2. The first-order chi connectivity index (χ1) is 15.6. The molecular formula is C24H21N3O4S. The lowest BCUT2D eigenvalue weighted by Crippen LogP contribution is -2.33. The minimum absolute atomic E-state index is 0.0398. The predicted octanol–water partition coefficient (Wildman–Crippen LogP) is 4.62. The van der Waals surface area contributed by atoms with Crippen LogP contribution in [0.5, 0.6) is 11.5 Å². The number of hydrogen-bond donors (Lipinski definition) is 1. The van der Waals surface area contributed by atoms with Crippen molar-refractivity contribution in [3.63, 3.8) is 0 Å². The molecule has 0 spiro atoms. The van der Waals surface area contributed by atoms with E-state index in [9.17, 15) is 9.59 Å². The van der Waals surface area contributed by atoms with Crippen molar-refractivity contribution in [2.24, 2.45) is 0 Å². The molecule has 1 aromatic heterocycles. The summed E-state index contributed by atoms with van der Waals surface area (Å²) in [5.74, 6) is 0.830. The van der Waals surface area contributed by atoms with Gasteiger partial charge in [-0.15, -0.1) is 0 Å². The van der Waals surface area contributed by atoms with Crippen LogP contribution in [0.15, 0.2) is 64.6 Å². The van der Waals surface area contributed by atoms with Crippen LogP contribution in [0.2, 0.25) is 0 Å². The Morgan fingerprint density at radius 2 is 1.97 bits per heavy atom. The summed E-state index contributed by atoms with van der Waals surface area (Å²) in [6, 6.07) is 14.4. The van der Waals surface area contributed by atoms with Crippen LogP contribution in [0.4, 0.5) is 11.4 Å². The highest BCUT2D eigenvalue weighted by Gasteiger charge is 2.38. The number of carbonyl (C=O) groups is 2. The lowest BCUT2D eigenvalue weighted by atomic mass is 10.1. The van der Waals surface area contributed by atoms with Crippen molar-refractivity contribution in [1.29, 1.82) is 0 Å². The van der Waals surface area contributed by atoms with E-state index in [4.69, 9.17) is 9.47 Å². The fourth-order valence-corrected chi connectivity index (χ4v) is 4.75. The zero-order valence-electron chi connectivity index (χ0n) is 17.6. The van der Waals surface area contributed by atoms with Gasteiger partial charge in [-0.25, -0.2) is 4.98 Å². The van der Waals surface area contributed by atoms with Gasteiger partial charge in [0.2, 0.25) is 0 Å². The third kappa shape index (κ3) is 3.67. The summed E-state index contributed by atoms with van der Waals surface area (Å²) in [4.78, 5) is 33.4. The molecular weight excluding hydrogens is 426 g/mol. The Hall–Kier alpha value is -3.52. The first-order valence-electron chi connectivity index (χ1n) is 10.2. The Morgan fingerprint density at radius 1 is 1.12 bits per heavy atom. The van der Waals surface area contributed by atoms with Gasteiger partial charge in [-0.3, -0.25) is 9.59 Å². The molecule has 1 aliphatic carbocycles. The number of ether oxygens (including phenoxy) is 2. The van der Waals surface area contributed by atoms with Crippen molar-refractivity contribution < 1.29 is 19.1 Å². The first kappa shape index (κ1) is 20.4. The lowest BCUT2D eigenvalue weighted by Gasteiger charge is -2.23. The molecule has 1 N–H and O–H groups in total. The number of amides is 2. The van der Waals surface area contributed by atoms with Crippen LogP contribution in [0, 0.1) is 0 Å². The second-order valence-corrected chi connectivity index (χ2v) is 8.60. The summed E-state index contributed by atoms with van der Waals surface area (Å²) in [5, 5.41) is 3.55. The molecule has 1 aliphatic heterocycles. The molecule has 2 aromatic carbocycles. The van der Waals surface area contributed by atoms with Gasteiger partial charge in [-0.05, 0) is 55.3 Å². The predicted molar refractivity (Wildman–Crippen MR) is 122 cm³/mol. The van der Waals surface area contributed by atoms with Crippen LogP contribution >= 0.6 is 11.8 Å². The fraction of sp³-hybridized carbons (Fsp3) is 0.208. The van der Waals surface area contributed by atoms with Gasteiger partial charge in [0.05, 0.1) is 31.2 Å². The Labute approximate surface area is 189 Å². The molecule has 1 fully saturated rings. The van der Waals surface area contributed by atoms with Crippen molar-refractivity contribution in [2.75, 3.05) is 24.4 Å². The van der Waals surface area contributed by atoms with Crippen LogP contribution < -0.4 is 19.7 Å². The van der Waals surface area contributed by atoms with Crippen molar-refractivity contribution in [2.45, 2.75) is 28.8 Å². The van der Waals surface area contributed by atoms with E-state index < -0.39 is 0 Å². The van der Waals surface area contributed by atoms with Gasteiger partial charge in [0.1, 0.15) is 16.5 Å². The first-order valence-corrected chi connectivity index (χ1v) is 11.0. The fourth-order valence-electron chi connectivity index (χ4n) is 3.71. The normalized spacial score (nSPS) is 14.8. The van der Waals surface area contributed by atoms with Crippen LogP contribution in [0.1, 0.15) is 33.6 Å². The van der Waals surface area contributed by atoms with E-state index in [1.807, 2.05) is 23.1 Å². The van der Waals surface area contributed by atoms with E-state index in [1.54, 1.807) is 43.6 Å². The Morgan fingerprint density at radius 3 is 2.72 bits per heavy atom. The largest absolute Gasteiger partial charge is 0.497 e. The van der Waals surface area contributed by atoms with E-state index in [2.05, 4.69) is 10.3 Å². The molecule has 2 aliphatic rings. The number of aromatic nitrogens is 1. The molecule has 3 aromatic rings. The molecule has 1 saturated carbocycles. The molecule has 0 saturated heterocycles. The number of rotatable bonds is 5. The lowest BCUT2D eigenvalue weighted by molar-refractivity contribution is 0.0981. The number of carbonyl (C=O) groups excluding carboxylic acids is 2. The highest BCUT2D eigenvalue weighted by atomic mass is 32.2. The van der Waals surface area contributed by atoms with Gasteiger partial charge in [-0.2, -0.15) is 0 Å². The van der Waals surface area contributed by atoms with Gasteiger partial charge in [0.15, 0.2) is 0 Å². The quantitative estimate of drug-likeness (QED) is 0.615. The SMILES string of the molecule is COc1ccc(NC(=O)c2ccc3c(c2)Sc2ncccc2C(=O)N3C2CC2)c(OC)c1. The molecule has 2 amide bonds. The number of nitrogens with one attached hydrogen (secondary N) is 1. The summed E-state index contributed by atoms with van der Waals surface area (Å²) in [5.41, 5.74) is 2.44. The van der Waals surface area contributed by atoms with Crippen LogP contribution in [0.3, 0.4) is 0 Å². The topological polar surface area (TPSA) is 80.8 Å². The second kappa shape index (κ2) is 8.20. The van der Waals surface area contributed by atoms with Crippen molar-refractivity contribution in [1.82, 2.24) is 4.98 Å². The van der Waals surface area contributed by atoms with Crippen molar-refractivity contribution in [3.05, 3.63) is 65.9 Å². The molecule has 0 atom stereocenters. The van der Waals surface area contributed by atoms with Gasteiger partial charge >= 0.3 is 0 Å². The van der Waals surface area contributed by atoms with Gasteiger partial charge in [-0.1, -0.05) is 11.8 Å². The Kier molecular flexibility index (Phi) is 5.22. The molecule has 0 unspecified atom stereocenters. The number of pyridine rings is 1. The second-order valence-electron chi connectivity index (χ2n) is 7.57. The van der Waals surface area contributed by atoms with Gasteiger partial charge in [0.25, 0.3) is 11.8 Å². The standard InChI is InChI=1S/C24H21N3O4S/c1-30-16-8-9-18(20(13-16)31-2)26-22(28)14-5-10-19-21(12-14)32-23-17(4-3-11-25-23)24(29)27(19)15-6-7-15/h3-5,8-13,15H,6-7H2,1-2H3,(H,26,28). The number of anilines is 2. The maximum absolute atomic E-state index is 13.2. The summed E-state index contributed by atoms with van der Waals surface area (Å²) < 4.78 is 10.6. The minimum atomic E-state index is -0.272. The van der Waals surface area contributed by atoms with E-state index in [1.165, 1.54) is 18.9 Å². The van der Waals surface area contributed by atoms with E-state index in [0.29, 0.717) is 33.3 Å². The Balaban J connectivity index is 1.49. The van der Waals surface area contributed by atoms with E-state index in [-0.39, 0.29) is 17.9 Å². The number of fused-ring (bicyclic) bond motifs is 2. The molecule has 7 nitrogen and oxygen atoms in total. The van der Waals surface area contributed by atoms with Gasteiger partial charge < -0.3 is 19.7 Å². The van der Waals surface area contributed by atoms with Crippen LogP contribution in [0.25, 0.3) is 0 Å². The average Bonchev–Trinajstić information content (AvgIpc) is 3.66. The molecule has 2 heterocycles. The van der Waals surface area contributed by atoms with E-state index >= 15 is 0 Å². The van der Waals surface area contributed by atoms with Crippen molar-refractivity contribution in [3.8, 4) is 11.5 Å². The summed E-state index contributed by atoms with van der Waals surface area (Å²) in [6.45, 7) is 0. The molecule has 0 radical (unpaired) electrons. The smallest absolute Gasteiger partial charge is 0.261 e. The minimum Gasteiger partial charge on any atom is -0.497 e. The highest BCUT2D eigenvalue weighted by molar-refractivity contribution is 7.99. The third-order valence-corrected chi connectivity index (χ3v) is 6.54. The zero-order chi connectivity index (χ0) is 22.2. The zero-order valence-corrected chi connectivity index (χ0v) is 18.4. The molecule has 162 valence electrons. The molecule has 5 rings (SSSR count). The summed E-state index contributed by atoms with van der Waals surface area (Å²) in [6.07, 6.45) is 3.63. The van der Waals surface area contributed by atoms with Crippen LogP contribution in [-0.4, -0.2) is 37.1 Å². The van der Waals surface area contributed by atoms with Gasteiger partial charge in [0, 0.05) is 28.8 Å². The van der Waals surface area contributed by atoms with E-state index in [0.717, 1.165) is 23.4 Å². The maximum Gasteiger partial charge on any atom is 0.261 e. The number of benzene rings is 2. The third-order valence-electron chi connectivity index (χ3n) is 5.48. The average molecular weight is 448 g/mol. The maximum atomic E-state index is 13.2. The summed E-state index contributed by atoms with van der Waals surface area (Å²) in [7, 11) is 3.11. The number of hydrogen-bond acceptors (Lipinski definition) is 6. The van der Waals surface area contributed by atoms with Crippen LogP contribution in [-0.2, 0) is 0 Å². The molecule has 0 bridgehead atoms. The monoisotopic (exact) mass is 447 g/mol.